The number of hydrogen-bond acceptors (Lipinski definition) is 4. The Labute approximate surface area is 124 Å². The third-order valence-electron chi connectivity index (χ3n) is 3.30. The summed E-state index contributed by atoms with van der Waals surface area (Å²) in [4.78, 5) is 4.15. The monoisotopic (exact) mass is 309 g/mol. The molecule has 2 N–H and O–H groups in total. The molecule has 0 bridgehead atoms. The first-order chi connectivity index (χ1) is 10.0. The van der Waals surface area contributed by atoms with Gasteiger partial charge in [0.05, 0.1) is 17.8 Å². The molecule has 0 aliphatic carbocycles. The fourth-order valence-electron chi connectivity index (χ4n) is 2.09. The van der Waals surface area contributed by atoms with E-state index in [-0.39, 0.29) is 11.5 Å². The van der Waals surface area contributed by atoms with Crippen molar-refractivity contribution in [3.8, 4) is 0 Å². The SMILES string of the molecule is Cc1c(CO)cccc1S(=O)(=O)NCCCn1ccnc1. The lowest BCUT2D eigenvalue weighted by Crippen LogP contribution is -2.26. The molecule has 0 spiro atoms. The lowest BCUT2D eigenvalue weighted by atomic mass is 10.1. The van der Waals surface area contributed by atoms with Crippen LogP contribution < -0.4 is 4.72 Å². The first kappa shape index (κ1) is 15.7. The van der Waals surface area contributed by atoms with Crippen molar-refractivity contribution < 1.29 is 13.5 Å². The van der Waals surface area contributed by atoms with Crippen molar-refractivity contribution in [1.29, 1.82) is 0 Å². The number of sulfonamides is 1. The van der Waals surface area contributed by atoms with Gasteiger partial charge in [0, 0.05) is 25.5 Å². The molecular weight excluding hydrogens is 290 g/mol. The molecule has 0 saturated carbocycles. The number of aryl methyl sites for hydroxylation is 1. The molecule has 0 saturated heterocycles. The van der Waals surface area contributed by atoms with Crippen molar-refractivity contribution in [2.45, 2.75) is 31.4 Å². The van der Waals surface area contributed by atoms with E-state index < -0.39 is 10.0 Å². The molecule has 0 aliphatic rings. The Morgan fingerprint density at radius 1 is 1.38 bits per heavy atom. The molecule has 2 rings (SSSR count). The summed E-state index contributed by atoms with van der Waals surface area (Å²) in [6, 6.07) is 4.90. The molecule has 7 heteroatoms. The summed E-state index contributed by atoms with van der Waals surface area (Å²) < 4.78 is 29.0. The van der Waals surface area contributed by atoms with Crippen LogP contribution >= 0.6 is 0 Å². The fourth-order valence-corrected chi connectivity index (χ4v) is 3.45. The molecule has 2 aromatic rings. The fraction of sp³-hybridized carbons (Fsp3) is 0.357. The summed E-state index contributed by atoms with van der Waals surface area (Å²) in [5, 5.41) is 9.20. The Hall–Kier alpha value is -1.70. The van der Waals surface area contributed by atoms with Gasteiger partial charge in [0.2, 0.25) is 10.0 Å². The van der Waals surface area contributed by atoms with Crippen molar-refractivity contribution in [3.63, 3.8) is 0 Å². The molecule has 0 aliphatic heterocycles. The number of nitrogens with zero attached hydrogens (tertiary/aromatic N) is 2. The van der Waals surface area contributed by atoms with E-state index in [2.05, 4.69) is 9.71 Å². The lowest BCUT2D eigenvalue weighted by Gasteiger charge is -2.11. The van der Waals surface area contributed by atoms with Crippen molar-refractivity contribution in [2.24, 2.45) is 0 Å². The van der Waals surface area contributed by atoms with Gasteiger partial charge in [-0.2, -0.15) is 0 Å². The Morgan fingerprint density at radius 2 is 2.19 bits per heavy atom. The number of rotatable bonds is 7. The number of imidazole rings is 1. The lowest BCUT2D eigenvalue weighted by molar-refractivity contribution is 0.280. The van der Waals surface area contributed by atoms with Gasteiger partial charge in [0.15, 0.2) is 0 Å². The van der Waals surface area contributed by atoms with E-state index in [4.69, 9.17) is 0 Å². The van der Waals surface area contributed by atoms with Gasteiger partial charge >= 0.3 is 0 Å². The molecule has 0 amide bonds. The summed E-state index contributed by atoms with van der Waals surface area (Å²) in [6.45, 7) is 2.59. The van der Waals surface area contributed by atoms with E-state index in [0.717, 1.165) is 0 Å². The zero-order valence-electron chi connectivity index (χ0n) is 11.9. The summed E-state index contributed by atoms with van der Waals surface area (Å²) in [5.74, 6) is 0. The van der Waals surface area contributed by atoms with Crippen LogP contribution in [0.1, 0.15) is 17.5 Å². The molecule has 0 unspecified atom stereocenters. The number of benzene rings is 1. The average Bonchev–Trinajstić information content (AvgIpc) is 2.97. The number of aliphatic hydroxyl groups excluding tert-OH is 1. The van der Waals surface area contributed by atoms with Gasteiger partial charge in [-0.1, -0.05) is 12.1 Å². The molecule has 6 nitrogen and oxygen atoms in total. The van der Waals surface area contributed by atoms with E-state index in [1.807, 2.05) is 10.8 Å². The third-order valence-corrected chi connectivity index (χ3v) is 4.91. The van der Waals surface area contributed by atoms with Crippen LogP contribution in [0.3, 0.4) is 0 Å². The molecule has 1 aromatic heterocycles. The molecule has 114 valence electrons. The van der Waals surface area contributed by atoms with E-state index >= 15 is 0 Å². The molecule has 1 aromatic carbocycles. The van der Waals surface area contributed by atoms with Crippen molar-refractivity contribution in [2.75, 3.05) is 6.54 Å². The van der Waals surface area contributed by atoms with Crippen LogP contribution in [0.15, 0.2) is 41.8 Å². The number of hydrogen-bond donors (Lipinski definition) is 2. The van der Waals surface area contributed by atoms with Crippen LogP contribution in [0.4, 0.5) is 0 Å². The first-order valence-corrected chi connectivity index (χ1v) is 8.17. The Kier molecular flexibility index (Phi) is 5.11. The standard InChI is InChI=1S/C14H19N3O3S/c1-12-13(10-18)4-2-5-14(12)21(19,20)16-6-3-8-17-9-7-15-11-17/h2,4-5,7,9,11,16,18H,3,6,8,10H2,1H3. The highest BCUT2D eigenvalue weighted by Gasteiger charge is 2.17. The minimum absolute atomic E-state index is 0.171. The number of nitrogens with one attached hydrogen (secondary N) is 1. The first-order valence-electron chi connectivity index (χ1n) is 6.69. The largest absolute Gasteiger partial charge is 0.392 e. The topological polar surface area (TPSA) is 84.2 Å². The van der Waals surface area contributed by atoms with E-state index in [1.54, 1.807) is 37.6 Å². The summed E-state index contributed by atoms with van der Waals surface area (Å²) in [5.41, 5.74) is 1.21. The zero-order valence-corrected chi connectivity index (χ0v) is 12.7. The summed E-state index contributed by atoms with van der Waals surface area (Å²) in [6.07, 6.45) is 5.90. The van der Waals surface area contributed by atoms with Gasteiger partial charge in [-0.05, 0) is 30.5 Å². The second-order valence-electron chi connectivity index (χ2n) is 4.75. The van der Waals surface area contributed by atoms with Crippen LogP contribution in [-0.4, -0.2) is 29.6 Å². The van der Waals surface area contributed by atoms with Crippen molar-refractivity contribution in [3.05, 3.63) is 48.0 Å². The van der Waals surface area contributed by atoms with Crippen LogP contribution in [0.25, 0.3) is 0 Å². The van der Waals surface area contributed by atoms with Crippen LogP contribution in [0, 0.1) is 6.92 Å². The van der Waals surface area contributed by atoms with Crippen molar-refractivity contribution >= 4 is 10.0 Å². The smallest absolute Gasteiger partial charge is 0.240 e. The highest BCUT2D eigenvalue weighted by Crippen LogP contribution is 2.18. The van der Waals surface area contributed by atoms with Crippen LogP contribution in [-0.2, 0) is 23.2 Å². The maximum Gasteiger partial charge on any atom is 0.240 e. The maximum absolute atomic E-state index is 12.3. The molecular formula is C14H19N3O3S. The molecule has 0 fully saturated rings. The second kappa shape index (κ2) is 6.84. The minimum Gasteiger partial charge on any atom is -0.392 e. The Bertz CT molecular complexity index is 681. The van der Waals surface area contributed by atoms with Gasteiger partial charge < -0.3 is 9.67 Å². The highest BCUT2D eigenvalue weighted by molar-refractivity contribution is 7.89. The quantitative estimate of drug-likeness (QED) is 0.749. The summed E-state index contributed by atoms with van der Waals surface area (Å²) in [7, 11) is -3.55. The number of aromatic nitrogens is 2. The van der Waals surface area contributed by atoms with Gasteiger partial charge in [0.1, 0.15) is 0 Å². The molecule has 1 heterocycles. The Balaban J connectivity index is 1.98. The molecule has 0 radical (unpaired) electrons. The average molecular weight is 309 g/mol. The van der Waals surface area contributed by atoms with E-state index in [9.17, 15) is 13.5 Å². The normalized spacial score (nSPS) is 11.7. The van der Waals surface area contributed by atoms with Crippen molar-refractivity contribution in [1.82, 2.24) is 14.3 Å². The zero-order chi connectivity index (χ0) is 15.3. The van der Waals surface area contributed by atoms with Gasteiger partial charge in [-0.25, -0.2) is 18.1 Å². The number of aliphatic hydroxyl groups is 1. The maximum atomic E-state index is 12.3. The van der Waals surface area contributed by atoms with Gasteiger partial charge in [-0.15, -0.1) is 0 Å². The van der Waals surface area contributed by atoms with Gasteiger partial charge in [0.25, 0.3) is 0 Å². The highest BCUT2D eigenvalue weighted by atomic mass is 32.2. The second-order valence-corrected chi connectivity index (χ2v) is 6.49. The van der Waals surface area contributed by atoms with E-state index in [1.165, 1.54) is 0 Å². The summed E-state index contributed by atoms with van der Waals surface area (Å²) >= 11 is 0. The Morgan fingerprint density at radius 3 is 2.86 bits per heavy atom. The third kappa shape index (κ3) is 3.90. The van der Waals surface area contributed by atoms with Crippen LogP contribution in [0.2, 0.25) is 0 Å². The molecule has 21 heavy (non-hydrogen) atoms. The van der Waals surface area contributed by atoms with Gasteiger partial charge in [-0.3, -0.25) is 0 Å². The minimum atomic E-state index is -3.55. The molecule has 0 atom stereocenters. The predicted molar refractivity (Wildman–Crippen MR) is 79.1 cm³/mol. The predicted octanol–water partition coefficient (Wildman–Crippen LogP) is 1.05. The van der Waals surface area contributed by atoms with Crippen LogP contribution in [0.5, 0.6) is 0 Å². The van der Waals surface area contributed by atoms with E-state index in [0.29, 0.717) is 30.6 Å².